The van der Waals surface area contributed by atoms with Gasteiger partial charge in [-0.05, 0) is 18.6 Å². The first kappa shape index (κ1) is 11.8. The van der Waals surface area contributed by atoms with E-state index < -0.39 is 18.8 Å². The molecule has 0 bridgehead atoms. The van der Waals surface area contributed by atoms with Crippen LogP contribution < -0.4 is 10.5 Å². The molecule has 2 N–H and O–H groups in total. The molecule has 0 amide bonds. The van der Waals surface area contributed by atoms with E-state index in [0.29, 0.717) is 5.75 Å². The number of rotatable bonds is 3. The number of para-hydroxylation sites is 1. The van der Waals surface area contributed by atoms with E-state index in [1.54, 1.807) is 31.2 Å². The third kappa shape index (κ3) is 3.43. The molecule has 0 heterocycles. The molecule has 5 heteroatoms. The Kier molecular flexibility index (Phi) is 3.57. The number of benzene rings is 1. The molecule has 0 saturated heterocycles. The number of alkyl halides is 3. The van der Waals surface area contributed by atoms with E-state index in [4.69, 9.17) is 10.5 Å². The van der Waals surface area contributed by atoms with Crippen LogP contribution >= 0.6 is 0 Å². The minimum absolute atomic E-state index is 0.428. The van der Waals surface area contributed by atoms with Crippen LogP contribution in [0.5, 0.6) is 5.75 Å². The van der Waals surface area contributed by atoms with Gasteiger partial charge in [0.05, 0.1) is 0 Å². The van der Waals surface area contributed by atoms with Crippen molar-refractivity contribution in [2.45, 2.75) is 19.1 Å². The highest BCUT2D eigenvalue weighted by Crippen LogP contribution is 2.21. The highest BCUT2D eigenvalue weighted by molar-refractivity contribution is 5.31. The molecule has 1 aromatic carbocycles. The van der Waals surface area contributed by atoms with Gasteiger partial charge in [0, 0.05) is 0 Å². The lowest BCUT2D eigenvalue weighted by Gasteiger charge is -2.16. The molecule has 0 spiro atoms. The highest BCUT2D eigenvalue weighted by atomic mass is 19.4. The van der Waals surface area contributed by atoms with Gasteiger partial charge in [-0.1, -0.05) is 18.2 Å². The zero-order valence-electron chi connectivity index (χ0n) is 8.21. The van der Waals surface area contributed by atoms with Crippen LogP contribution in [0.4, 0.5) is 13.2 Å². The molecule has 0 aliphatic rings. The van der Waals surface area contributed by atoms with Crippen molar-refractivity contribution in [1.29, 1.82) is 0 Å². The zero-order valence-corrected chi connectivity index (χ0v) is 8.21. The molecule has 15 heavy (non-hydrogen) atoms. The number of nitrogens with two attached hydrogens (primary N) is 1. The van der Waals surface area contributed by atoms with Crippen LogP contribution in [0.25, 0.3) is 0 Å². The molecule has 2 nitrogen and oxygen atoms in total. The van der Waals surface area contributed by atoms with Gasteiger partial charge < -0.3 is 10.5 Å². The average molecular weight is 219 g/mol. The van der Waals surface area contributed by atoms with E-state index in [-0.39, 0.29) is 0 Å². The first-order valence-electron chi connectivity index (χ1n) is 4.42. The Labute approximate surface area is 85.8 Å². The van der Waals surface area contributed by atoms with Gasteiger partial charge >= 0.3 is 6.18 Å². The van der Waals surface area contributed by atoms with Crippen molar-refractivity contribution in [2.24, 2.45) is 5.73 Å². The average Bonchev–Trinajstić information content (AvgIpc) is 2.14. The summed E-state index contributed by atoms with van der Waals surface area (Å²) in [5, 5.41) is 0. The second-order valence-electron chi connectivity index (χ2n) is 3.22. The fourth-order valence-corrected chi connectivity index (χ4v) is 0.992. The Morgan fingerprint density at radius 1 is 1.33 bits per heavy atom. The molecule has 1 rings (SSSR count). The summed E-state index contributed by atoms with van der Waals surface area (Å²) in [6.45, 7) is 1.20. The number of halogens is 3. The summed E-state index contributed by atoms with van der Waals surface area (Å²) in [4.78, 5) is 0. The van der Waals surface area contributed by atoms with Crippen molar-refractivity contribution in [3.05, 3.63) is 29.8 Å². The van der Waals surface area contributed by atoms with E-state index in [0.717, 1.165) is 5.56 Å². The standard InChI is InChI=1S/C10H12F3NO/c1-7-4-2-3-5-8(7)15-6-9(14)10(11,12)13/h2-5,9H,6,14H2,1H3. The van der Waals surface area contributed by atoms with Gasteiger partial charge in [0.2, 0.25) is 0 Å². The van der Waals surface area contributed by atoms with Gasteiger partial charge in [-0.3, -0.25) is 0 Å². The molecule has 0 aromatic heterocycles. The lowest BCUT2D eigenvalue weighted by molar-refractivity contribution is -0.153. The molecule has 84 valence electrons. The Morgan fingerprint density at radius 3 is 2.47 bits per heavy atom. The molecule has 0 aliphatic heterocycles. The fourth-order valence-electron chi connectivity index (χ4n) is 0.992. The highest BCUT2D eigenvalue weighted by Gasteiger charge is 2.37. The first-order chi connectivity index (χ1) is 6.91. The topological polar surface area (TPSA) is 35.2 Å². The largest absolute Gasteiger partial charge is 0.491 e. The molecule has 1 atom stereocenters. The fraction of sp³-hybridized carbons (Fsp3) is 0.400. The number of ether oxygens (including phenoxy) is 1. The molecule has 0 saturated carbocycles. The van der Waals surface area contributed by atoms with Gasteiger partial charge in [-0.2, -0.15) is 13.2 Å². The Bertz CT molecular complexity index is 325. The Hall–Kier alpha value is -1.23. The number of hydrogen-bond acceptors (Lipinski definition) is 2. The third-order valence-electron chi connectivity index (χ3n) is 1.93. The summed E-state index contributed by atoms with van der Waals surface area (Å²) in [5.41, 5.74) is 5.68. The van der Waals surface area contributed by atoms with Crippen molar-refractivity contribution in [3.63, 3.8) is 0 Å². The van der Waals surface area contributed by atoms with Crippen molar-refractivity contribution < 1.29 is 17.9 Å². The van der Waals surface area contributed by atoms with Crippen molar-refractivity contribution in [3.8, 4) is 5.75 Å². The van der Waals surface area contributed by atoms with Crippen molar-refractivity contribution in [1.82, 2.24) is 0 Å². The Balaban J connectivity index is 2.55. The second kappa shape index (κ2) is 4.53. The van der Waals surface area contributed by atoms with Gasteiger partial charge in [-0.15, -0.1) is 0 Å². The van der Waals surface area contributed by atoms with Gasteiger partial charge in [0.15, 0.2) is 0 Å². The molecule has 1 aromatic rings. The van der Waals surface area contributed by atoms with Gasteiger partial charge in [0.25, 0.3) is 0 Å². The smallest absolute Gasteiger partial charge is 0.406 e. The summed E-state index contributed by atoms with van der Waals surface area (Å²) in [6.07, 6.45) is -4.41. The molecule has 0 radical (unpaired) electrons. The van der Waals surface area contributed by atoms with Crippen molar-refractivity contribution >= 4 is 0 Å². The van der Waals surface area contributed by atoms with Crippen LogP contribution in [0.2, 0.25) is 0 Å². The summed E-state index contributed by atoms with van der Waals surface area (Å²) in [6, 6.07) is 4.90. The van der Waals surface area contributed by atoms with Gasteiger partial charge in [0.1, 0.15) is 18.4 Å². The SMILES string of the molecule is Cc1ccccc1OCC(N)C(F)(F)F. The van der Waals surface area contributed by atoms with Crippen LogP contribution in [0.3, 0.4) is 0 Å². The van der Waals surface area contributed by atoms with Crippen LogP contribution in [0.1, 0.15) is 5.56 Å². The normalized spacial score (nSPS) is 13.7. The molecular formula is C10H12F3NO. The van der Waals surface area contributed by atoms with E-state index in [1.165, 1.54) is 0 Å². The quantitative estimate of drug-likeness (QED) is 0.846. The van der Waals surface area contributed by atoms with E-state index in [2.05, 4.69) is 0 Å². The van der Waals surface area contributed by atoms with Crippen LogP contribution in [-0.2, 0) is 0 Å². The van der Waals surface area contributed by atoms with Crippen LogP contribution in [0.15, 0.2) is 24.3 Å². The maximum atomic E-state index is 12.0. The minimum Gasteiger partial charge on any atom is -0.491 e. The second-order valence-corrected chi connectivity index (χ2v) is 3.22. The van der Waals surface area contributed by atoms with E-state index >= 15 is 0 Å². The first-order valence-corrected chi connectivity index (χ1v) is 4.42. The number of aryl methyl sites for hydroxylation is 1. The summed E-state index contributed by atoms with van der Waals surface area (Å²) >= 11 is 0. The molecule has 0 aliphatic carbocycles. The van der Waals surface area contributed by atoms with Crippen LogP contribution in [0, 0.1) is 6.92 Å². The molecule has 1 unspecified atom stereocenters. The third-order valence-corrected chi connectivity index (χ3v) is 1.93. The summed E-state index contributed by atoms with van der Waals surface area (Å²) < 4.78 is 41.1. The number of hydrogen-bond donors (Lipinski definition) is 1. The summed E-state index contributed by atoms with van der Waals surface area (Å²) in [7, 11) is 0. The lowest BCUT2D eigenvalue weighted by atomic mass is 10.2. The maximum Gasteiger partial charge on any atom is 0.406 e. The van der Waals surface area contributed by atoms with E-state index in [1.807, 2.05) is 0 Å². The predicted octanol–water partition coefficient (Wildman–Crippen LogP) is 2.26. The van der Waals surface area contributed by atoms with Crippen LogP contribution in [-0.4, -0.2) is 18.8 Å². The monoisotopic (exact) mass is 219 g/mol. The Morgan fingerprint density at radius 2 is 1.93 bits per heavy atom. The predicted molar refractivity (Wildman–Crippen MR) is 50.7 cm³/mol. The zero-order chi connectivity index (χ0) is 11.5. The van der Waals surface area contributed by atoms with Crippen molar-refractivity contribution in [2.75, 3.05) is 6.61 Å². The lowest BCUT2D eigenvalue weighted by Crippen LogP contribution is -2.42. The molecular weight excluding hydrogens is 207 g/mol. The maximum absolute atomic E-state index is 12.0. The van der Waals surface area contributed by atoms with Gasteiger partial charge in [-0.25, -0.2) is 0 Å². The van der Waals surface area contributed by atoms with E-state index in [9.17, 15) is 13.2 Å². The molecule has 0 fully saturated rings. The summed E-state index contributed by atoms with van der Waals surface area (Å²) in [5.74, 6) is 0.428. The minimum atomic E-state index is -4.41.